The van der Waals surface area contributed by atoms with E-state index in [4.69, 9.17) is 16.6 Å². The number of piperidine rings is 1. The van der Waals surface area contributed by atoms with Gasteiger partial charge in [0, 0.05) is 29.2 Å². The van der Waals surface area contributed by atoms with Crippen LogP contribution in [0, 0.1) is 0 Å². The molecular weight excluding hydrogens is 270 g/mol. The summed E-state index contributed by atoms with van der Waals surface area (Å²) in [6, 6.07) is 7.77. The lowest BCUT2D eigenvalue weighted by atomic mass is 9.95. The quantitative estimate of drug-likeness (QED) is 0.845. The van der Waals surface area contributed by atoms with Crippen LogP contribution >= 0.6 is 11.6 Å². The average molecular weight is 288 g/mol. The number of rotatable bonds is 2. The molecule has 1 saturated heterocycles. The highest BCUT2D eigenvalue weighted by molar-refractivity contribution is 6.30. The molecule has 1 aromatic heterocycles. The molecule has 1 atom stereocenters. The largest absolute Gasteiger partial charge is 0.306 e. The number of likely N-dealkylation sites (N-methyl/N-ethyl adjacent to an activating group) is 1. The van der Waals surface area contributed by atoms with Gasteiger partial charge in [0.05, 0.1) is 17.6 Å². The Morgan fingerprint density at radius 1 is 1.30 bits per heavy atom. The molecule has 1 aliphatic heterocycles. The number of hydrogen-bond acceptors (Lipinski definition) is 3. The fourth-order valence-electron chi connectivity index (χ4n) is 2.77. The van der Waals surface area contributed by atoms with Crippen molar-refractivity contribution in [3.63, 3.8) is 0 Å². The smallest absolute Gasteiger partial charge is 0.0889 e. The molecule has 3 rings (SSSR count). The van der Waals surface area contributed by atoms with Crippen LogP contribution in [0.2, 0.25) is 5.02 Å². The molecule has 0 saturated carbocycles. The molecule has 0 radical (unpaired) electrons. The van der Waals surface area contributed by atoms with E-state index >= 15 is 0 Å². The van der Waals surface area contributed by atoms with Crippen LogP contribution in [0.25, 0.3) is 11.3 Å². The topological polar surface area (TPSA) is 29.0 Å². The Kier molecular flexibility index (Phi) is 3.99. The Hall–Kier alpha value is -1.45. The highest BCUT2D eigenvalue weighted by Crippen LogP contribution is 2.27. The number of halogens is 1. The van der Waals surface area contributed by atoms with E-state index < -0.39 is 0 Å². The van der Waals surface area contributed by atoms with Gasteiger partial charge in [0.25, 0.3) is 0 Å². The first-order valence-electron chi connectivity index (χ1n) is 6.99. The minimum atomic E-state index is 0.486. The van der Waals surface area contributed by atoms with Gasteiger partial charge in [-0.25, -0.2) is 4.98 Å². The van der Waals surface area contributed by atoms with E-state index in [-0.39, 0.29) is 0 Å². The van der Waals surface area contributed by atoms with E-state index in [9.17, 15) is 0 Å². The third-order valence-electron chi connectivity index (χ3n) is 3.82. The maximum atomic E-state index is 6.05. The zero-order valence-corrected chi connectivity index (χ0v) is 12.3. The van der Waals surface area contributed by atoms with Crippen molar-refractivity contribution >= 4 is 11.6 Å². The summed E-state index contributed by atoms with van der Waals surface area (Å²) in [6.45, 7) is 2.24. The molecule has 2 heterocycles. The summed E-state index contributed by atoms with van der Waals surface area (Å²) in [7, 11) is 2.17. The molecular formula is C16H18ClN3. The van der Waals surface area contributed by atoms with Crippen molar-refractivity contribution in [2.24, 2.45) is 0 Å². The van der Waals surface area contributed by atoms with E-state index in [0.29, 0.717) is 5.92 Å². The molecule has 3 nitrogen and oxygen atoms in total. The second kappa shape index (κ2) is 5.90. The molecule has 0 N–H and O–H groups in total. The SMILES string of the molecule is CN1CCCC(c2cncc(-c3cccc(Cl)c3)n2)C1. The molecule has 4 heteroatoms. The minimum absolute atomic E-state index is 0.486. The second-order valence-electron chi connectivity index (χ2n) is 5.44. The lowest BCUT2D eigenvalue weighted by molar-refractivity contribution is 0.248. The molecule has 1 aromatic carbocycles. The van der Waals surface area contributed by atoms with Crippen LogP contribution in [0.5, 0.6) is 0 Å². The van der Waals surface area contributed by atoms with Crippen LogP contribution in [0.15, 0.2) is 36.7 Å². The van der Waals surface area contributed by atoms with Crippen LogP contribution in [-0.2, 0) is 0 Å². The molecule has 0 amide bonds. The van der Waals surface area contributed by atoms with Crippen molar-refractivity contribution in [2.75, 3.05) is 20.1 Å². The van der Waals surface area contributed by atoms with Crippen LogP contribution in [0.1, 0.15) is 24.5 Å². The maximum absolute atomic E-state index is 6.05. The van der Waals surface area contributed by atoms with Crippen LogP contribution < -0.4 is 0 Å². The zero-order valence-electron chi connectivity index (χ0n) is 11.6. The second-order valence-corrected chi connectivity index (χ2v) is 5.88. The van der Waals surface area contributed by atoms with Crippen LogP contribution in [0.3, 0.4) is 0 Å². The van der Waals surface area contributed by atoms with Gasteiger partial charge in [-0.2, -0.15) is 0 Å². The lowest BCUT2D eigenvalue weighted by Crippen LogP contribution is -2.31. The molecule has 104 valence electrons. The van der Waals surface area contributed by atoms with E-state index in [1.54, 1.807) is 0 Å². The minimum Gasteiger partial charge on any atom is -0.306 e. The van der Waals surface area contributed by atoms with Gasteiger partial charge in [-0.15, -0.1) is 0 Å². The number of likely N-dealkylation sites (tertiary alicyclic amines) is 1. The van der Waals surface area contributed by atoms with E-state index in [2.05, 4.69) is 16.9 Å². The Balaban J connectivity index is 1.89. The van der Waals surface area contributed by atoms with Gasteiger partial charge in [-0.1, -0.05) is 23.7 Å². The first-order valence-corrected chi connectivity index (χ1v) is 7.36. The Morgan fingerprint density at radius 3 is 3.00 bits per heavy atom. The van der Waals surface area contributed by atoms with Crippen molar-refractivity contribution in [1.82, 2.24) is 14.9 Å². The molecule has 1 unspecified atom stereocenters. The number of nitrogens with zero attached hydrogens (tertiary/aromatic N) is 3. The van der Waals surface area contributed by atoms with Crippen molar-refractivity contribution in [3.8, 4) is 11.3 Å². The normalized spacial score (nSPS) is 20.0. The summed E-state index contributed by atoms with van der Waals surface area (Å²) in [5, 5.41) is 0.729. The van der Waals surface area contributed by atoms with Crippen LogP contribution in [-0.4, -0.2) is 35.0 Å². The van der Waals surface area contributed by atoms with Gasteiger partial charge < -0.3 is 4.90 Å². The number of hydrogen-bond donors (Lipinski definition) is 0. The highest BCUT2D eigenvalue weighted by atomic mass is 35.5. The van der Waals surface area contributed by atoms with Gasteiger partial charge >= 0.3 is 0 Å². The summed E-state index contributed by atoms with van der Waals surface area (Å²) in [6.07, 6.45) is 6.13. The summed E-state index contributed by atoms with van der Waals surface area (Å²) >= 11 is 6.05. The summed E-state index contributed by atoms with van der Waals surface area (Å²) < 4.78 is 0. The predicted octanol–water partition coefficient (Wildman–Crippen LogP) is 3.61. The molecule has 1 fully saturated rings. The first-order chi connectivity index (χ1) is 9.72. The van der Waals surface area contributed by atoms with Gasteiger partial charge in [-0.3, -0.25) is 4.98 Å². The van der Waals surface area contributed by atoms with Crippen LogP contribution in [0.4, 0.5) is 0 Å². The highest BCUT2D eigenvalue weighted by Gasteiger charge is 2.20. The maximum Gasteiger partial charge on any atom is 0.0889 e. The predicted molar refractivity (Wildman–Crippen MR) is 82.0 cm³/mol. The summed E-state index contributed by atoms with van der Waals surface area (Å²) in [4.78, 5) is 11.5. The molecule has 0 aliphatic carbocycles. The Morgan fingerprint density at radius 2 is 2.20 bits per heavy atom. The third kappa shape index (κ3) is 3.00. The van der Waals surface area contributed by atoms with Crippen molar-refractivity contribution in [1.29, 1.82) is 0 Å². The fourth-order valence-corrected chi connectivity index (χ4v) is 2.96. The standard InChI is InChI=1S/C16H18ClN3/c1-20-7-3-5-13(11-20)16-10-18-9-15(19-16)12-4-2-6-14(17)8-12/h2,4,6,8-10,13H,3,5,7,11H2,1H3. The molecule has 0 spiro atoms. The van der Waals surface area contributed by atoms with Crippen molar-refractivity contribution < 1.29 is 0 Å². The van der Waals surface area contributed by atoms with E-state index in [1.165, 1.54) is 19.4 Å². The number of benzene rings is 1. The fraction of sp³-hybridized carbons (Fsp3) is 0.375. The van der Waals surface area contributed by atoms with E-state index in [1.807, 2.05) is 36.7 Å². The monoisotopic (exact) mass is 287 g/mol. The van der Waals surface area contributed by atoms with Gasteiger partial charge in [0.1, 0.15) is 0 Å². The molecule has 20 heavy (non-hydrogen) atoms. The zero-order chi connectivity index (χ0) is 13.9. The van der Waals surface area contributed by atoms with Gasteiger partial charge in [0.2, 0.25) is 0 Å². The van der Waals surface area contributed by atoms with Crippen molar-refractivity contribution in [2.45, 2.75) is 18.8 Å². The number of aromatic nitrogens is 2. The molecule has 0 bridgehead atoms. The van der Waals surface area contributed by atoms with E-state index in [0.717, 1.165) is 28.5 Å². The van der Waals surface area contributed by atoms with Gasteiger partial charge in [-0.05, 0) is 38.6 Å². The summed E-state index contributed by atoms with van der Waals surface area (Å²) in [5.74, 6) is 0.486. The molecule has 1 aliphatic rings. The van der Waals surface area contributed by atoms with Gasteiger partial charge in [0.15, 0.2) is 0 Å². The lowest BCUT2D eigenvalue weighted by Gasteiger charge is -2.29. The summed E-state index contributed by atoms with van der Waals surface area (Å²) in [5.41, 5.74) is 3.02. The third-order valence-corrected chi connectivity index (χ3v) is 4.05. The Labute approximate surface area is 124 Å². The first kappa shape index (κ1) is 13.5. The Bertz CT molecular complexity index is 600. The molecule has 2 aromatic rings. The average Bonchev–Trinajstić information content (AvgIpc) is 2.47. The van der Waals surface area contributed by atoms with Crippen molar-refractivity contribution in [3.05, 3.63) is 47.4 Å².